The molecular formula is C26H33N3. The van der Waals surface area contributed by atoms with E-state index in [0.717, 1.165) is 17.6 Å². The second-order valence-corrected chi connectivity index (χ2v) is 9.22. The summed E-state index contributed by atoms with van der Waals surface area (Å²) in [4.78, 5) is 7.67. The lowest BCUT2D eigenvalue weighted by atomic mass is 9.94. The number of para-hydroxylation sites is 2. The molecule has 0 saturated carbocycles. The Morgan fingerprint density at radius 2 is 1.62 bits per heavy atom. The molecule has 0 aliphatic carbocycles. The zero-order valence-electron chi connectivity index (χ0n) is 17.8. The van der Waals surface area contributed by atoms with E-state index >= 15 is 0 Å². The van der Waals surface area contributed by atoms with Gasteiger partial charge in [-0.3, -0.25) is 4.90 Å². The highest BCUT2D eigenvalue weighted by Gasteiger charge is 2.41. The fraction of sp³-hybridized carbons (Fsp3) is 0.500. The van der Waals surface area contributed by atoms with E-state index in [1.54, 1.807) is 0 Å². The van der Waals surface area contributed by atoms with Crippen LogP contribution in [0.2, 0.25) is 0 Å². The molecule has 0 N–H and O–H groups in total. The molecular weight excluding hydrogens is 354 g/mol. The van der Waals surface area contributed by atoms with Crippen LogP contribution in [0, 0.1) is 6.92 Å². The van der Waals surface area contributed by atoms with Gasteiger partial charge in [-0.05, 0) is 75.6 Å². The van der Waals surface area contributed by atoms with Gasteiger partial charge in [0.05, 0.1) is 11.0 Å². The zero-order valence-corrected chi connectivity index (χ0v) is 17.8. The van der Waals surface area contributed by atoms with Gasteiger partial charge in [0.25, 0.3) is 0 Å². The summed E-state index contributed by atoms with van der Waals surface area (Å²) in [6.45, 7) is 5.82. The second-order valence-electron chi connectivity index (χ2n) is 9.22. The van der Waals surface area contributed by atoms with Crippen molar-refractivity contribution in [3.05, 3.63) is 66.0 Å². The molecule has 3 heterocycles. The molecule has 29 heavy (non-hydrogen) atoms. The summed E-state index contributed by atoms with van der Waals surface area (Å²) in [6.07, 6.45) is 7.91. The molecule has 0 radical (unpaired) electrons. The summed E-state index contributed by atoms with van der Waals surface area (Å²) in [7, 11) is 0. The summed E-state index contributed by atoms with van der Waals surface area (Å²) in [5.74, 6) is 1.84. The molecule has 0 amide bonds. The normalized spacial score (nSPS) is 25.5. The topological polar surface area (TPSA) is 21.1 Å². The molecule has 2 aliphatic rings. The average Bonchev–Trinajstić information content (AvgIpc) is 3.19. The molecule has 152 valence electrons. The summed E-state index contributed by atoms with van der Waals surface area (Å²) in [6, 6.07) is 21.8. The number of hydrogen-bond acceptors (Lipinski definition) is 2. The quantitative estimate of drug-likeness (QED) is 0.510. The summed E-state index contributed by atoms with van der Waals surface area (Å²) < 4.78 is 2.54. The number of piperidine rings is 1. The third-order valence-electron chi connectivity index (χ3n) is 7.42. The second kappa shape index (κ2) is 7.95. The van der Waals surface area contributed by atoms with Crippen molar-refractivity contribution in [1.82, 2.24) is 14.5 Å². The Bertz CT molecular complexity index is 947. The van der Waals surface area contributed by atoms with Gasteiger partial charge in [-0.1, -0.05) is 49.4 Å². The van der Waals surface area contributed by atoms with E-state index in [9.17, 15) is 0 Å². The van der Waals surface area contributed by atoms with Crippen LogP contribution in [0.25, 0.3) is 11.0 Å². The van der Waals surface area contributed by atoms with E-state index in [4.69, 9.17) is 4.98 Å². The van der Waals surface area contributed by atoms with Crippen LogP contribution in [0.5, 0.6) is 0 Å². The maximum Gasteiger partial charge on any atom is 0.106 e. The molecule has 3 heteroatoms. The van der Waals surface area contributed by atoms with Crippen molar-refractivity contribution < 1.29 is 0 Å². The number of rotatable bonds is 6. The fourth-order valence-electron chi connectivity index (χ4n) is 5.98. The molecule has 5 rings (SSSR count). The van der Waals surface area contributed by atoms with Gasteiger partial charge in [0.15, 0.2) is 0 Å². The highest BCUT2D eigenvalue weighted by molar-refractivity contribution is 5.76. The Morgan fingerprint density at radius 1 is 0.931 bits per heavy atom. The van der Waals surface area contributed by atoms with Gasteiger partial charge in [-0.25, -0.2) is 4.98 Å². The highest BCUT2D eigenvalue weighted by Crippen LogP contribution is 2.42. The van der Waals surface area contributed by atoms with Crippen LogP contribution in [-0.2, 0) is 0 Å². The first-order chi connectivity index (χ1) is 14.2. The van der Waals surface area contributed by atoms with Crippen LogP contribution in [0.3, 0.4) is 0 Å². The largest absolute Gasteiger partial charge is 0.325 e. The molecule has 3 atom stereocenters. The van der Waals surface area contributed by atoms with E-state index in [1.807, 2.05) is 0 Å². The lowest BCUT2D eigenvalue weighted by Crippen LogP contribution is -2.44. The van der Waals surface area contributed by atoms with Crippen molar-refractivity contribution in [1.29, 1.82) is 0 Å². The van der Waals surface area contributed by atoms with E-state index in [-0.39, 0.29) is 0 Å². The first-order valence-corrected chi connectivity index (χ1v) is 11.4. The number of imidazole rings is 1. The molecule has 3 nitrogen and oxygen atoms in total. The van der Waals surface area contributed by atoms with Crippen LogP contribution in [0.15, 0.2) is 54.6 Å². The number of nitrogens with zero attached hydrogens (tertiary/aromatic N) is 3. The minimum atomic E-state index is 0.611. The first kappa shape index (κ1) is 18.9. The van der Waals surface area contributed by atoms with Crippen molar-refractivity contribution in [3.8, 4) is 0 Å². The molecule has 3 aromatic rings. The van der Waals surface area contributed by atoms with Crippen molar-refractivity contribution in [2.24, 2.45) is 0 Å². The van der Waals surface area contributed by atoms with Crippen molar-refractivity contribution >= 4 is 11.0 Å². The number of fused-ring (bicyclic) bond motifs is 3. The maximum absolute atomic E-state index is 4.82. The zero-order chi connectivity index (χ0) is 19.8. The third kappa shape index (κ3) is 3.61. The van der Waals surface area contributed by atoms with Gasteiger partial charge in [0.1, 0.15) is 5.82 Å². The van der Waals surface area contributed by atoms with Crippen molar-refractivity contribution in [2.45, 2.75) is 76.4 Å². The van der Waals surface area contributed by atoms with Crippen LogP contribution < -0.4 is 0 Å². The standard InChI is InChI=1S/C26H33N3/c1-19(21-10-4-3-5-11-21)9-8-16-28-22-14-15-23(28)18-24(17-22)29-20(2)27-25-12-6-7-13-26(25)29/h3-7,10-13,19,22-24H,8-9,14-18H2,1-2H3. The maximum atomic E-state index is 4.82. The SMILES string of the molecule is Cc1nc2ccccc2n1C1CC2CCC(C1)N2CCCC(C)c1ccccc1. The van der Waals surface area contributed by atoms with Crippen LogP contribution in [0.1, 0.15) is 68.8 Å². The smallest absolute Gasteiger partial charge is 0.106 e. The lowest BCUT2D eigenvalue weighted by Gasteiger charge is -2.40. The van der Waals surface area contributed by atoms with Gasteiger partial charge in [-0.15, -0.1) is 0 Å². The molecule has 2 aliphatic heterocycles. The van der Waals surface area contributed by atoms with Crippen molar-refractivity contribution in [2.75, 3.05) is 6.54 Å². The lowest BCUT2D eigenvalue weighted by molar-refractivity contribution is 0.105. The predicted molar refractivity (Wildman–Crippen MR) is 120 cm³/mol. The molecule has 2 saturated heterocycles. The van der Waals surface area contributed by atoms with Crippen LogP contribution >= 0.6 is 0 Å². The monoisotopic (exact) mass is 387 g/mol. The van der Waals surface area contributed by atoms with E-state index in [0.29, 0.717) is 12.0 Å². The fourth-order valence-corrected chi connectivity index (χ4v) is 5.98. The van der Waals surface area contributed by atoms with Gasteiger partial charge in [0, 0.05) is 18.1 Å². The third-order valence-corrected chi connectivity index (χ3v) is 7.42. The first-order valence-electron chi connectivity index (χ1n) is 11.4. The van der Waals surface area contributed by atoms with E-state index in [1.165, 1.54) is 62.0 Å². The molecule has 2 aromatic carbocycles. The van der Waals surface area contributed by atoms with E-state index < -0.39 is 0 Å². The van der Waals surface area contributed by atoms with Crippen LogP contribution in [0.4, 0.5) is 0 Å². The van der Waals surface area contributed by atoms with E-state index in [2.05, 4.69) is 77.9 Å². The molecule has 2 fully saturated rings. The summed E-state index contributed by atoms with van der Waals surface area (Å²) in [5.41, 5.74) is 3.95. The van der Waals surface area contributed by atoms with Gasteiger partial charge in [-0.2, -0.15) is 0 Å². The molecule has 2 bridgehead atoms. The Balaban J connectivity index is 1.23. The summed E-state index contributed by atoms with van der Waals surface area (Å²) in [5, 5.41) is 0. The Labute approximate surface area is 174 Å². The Hall–Kier alpha value is -2.13. The number of benzene rings is 2. The number of aromatic nitrogens is 2. The van der Waals surface area contributed by atoms with Gasteiger partial charge in [0.2, 0.25) is 0 Å². The summed E-state index contributed by atoms with van der Waals surface area (Å²) >= 11 is 0. The van der Waals surface area contributed by atoms with Crippen LogP contribution in [-0.4, -0.2) is 33.1 Å². The van der Waals surface area contributed by atoms with Gasteiger partial charge < -0.3 is 4.57 Å². The predicted octanol–water partition coefficient (Wildman–Crippen LogP) is 6.10. The minimum Gasteiger partial charge on any atom is -0.325 e. The number of hydrogen-bond donors (Lipinski definition) is 0. The average molecular weight is 388 g/mol. The number of aryl methyl sites for hydroxylation is 1. The minimum absolute atomic E-state index is 0.611. The Kier molecular flexibility index (Phi) is 5.17. The highest BCUT2D eigenvalue weighted by atomic mass is 15.2. The van der Waals surface area contributed by atoms with Gasteiger partial charge >= 0.3 is 0 Å². The molecule has 0 spiro atoms. The molecule has 3 unspecified atom stereocenters. The Morgan fingerprint density at radius 3 is 2.38 bits per heavy atom. The molecule has 1 aromatic heterocycles. The van der Waals surface area contributed by atoms with Crippen molar-refractivity contribution in [3.63, 3.8) is 0 Å².